The van der Waals surface area contributed by atoms with Gasteiger partial charge in [-0.2, -0.15) is 0 Å². The van der Waals surface area contributed by atoms with Crippen LogP contribution < -0.4 is 20.1 Å². The summed E-state index contributed by atoms with van der Waals surface area (Å²) in [5.74, 6) is 1.54. The molecule has 0 spiro atoms. The predicted octanol–water partition coefficient (Wildman–Crippen LogP) is 0.292. The van der Waals surface area contributed by atoms with Crippen molar-refractivity contribution in [1.82, 2.24) is 4.90 Å². The van der Waals surface area contributed by atoms with Gasteiger partial charge in [0.2, 0.25) is 5.91 Å². The van der Waals surface area contributed by atoms with Crippen molar-refractivity contribution in [1.29, 1.82) is 0 Å². The zero-order chi connectivity index (χ0) is 19.5. The molecule has 2 saturated heterocycles. The summed E-state index contributed by atoms with van der Waals surface area (Å²) in [5.41, 5.74) is 6.53. The number of amides is 2. The molecule has 3 heterocycles. The van der Waals surface area contributed by atoms with E-state index in [0.717, 1.165) is 68.8 Å². The highest BCUT2D eigenvalue weighted by molar-refractivity contribution is 5.78. The molecule has 0 bridgehead atoms. The van der Waals surface area contributed by atoms with Crippen LogP contribution in [0.15, 0.2) is 18.2 Å². The van der Waals surface area contributed by atoms with Crippen LogP contribution in [-0.2, 0) is 9.59 Å². The smallest absolute Gasteiger partial charge is 0.278 e. The minimum Gasteiger partial charge on any atom is -0.490 e. The molecule has 0 saturated carbocycles. The SMILES string of the molecule is NC(=O)C1CC[NH+](CC(=O)N2CCC[C@H]2c2ccc3c(c2)OCCCO3)CC1. The molecule has 1 atom stereocenters. The average molecular weight is 388 g/mol. The lowest BCUT2D eigenvalue weighted by atomic mass is 9.96. The van der Waals surface area contributed by atoms with Crippen molar-refractivity contribution in [2.45, 2.75) is 38.1 Å². The number of nitrogens with zero attached hydrogens (tertiary/aromatic N) is 1. The van der Waals surface area contributed by atoms with Crippen LogP contribution in [0.2, 0.25) is 0 Å². The Kier molecular flexibility index (Phi) is 5.71. The maximum absolute atomic E-state index is 13.0. The van der Waals surface area contributed by atoms with Gasteiger partial charge in [-0.3, -0.25) is 9.59 Å². The topological polar surface area (TPSA) is 86.3 Å². The summed E-state index contributed by atoms with van der Waals surface area (Å²) in [6.07, 6.45) is 4.44. The number of carbonyl (C=O) groups excluding carboxylic acids is 2. The number of nitrogens with two attached hydrogens (primary N) is 1. The molecule has 4 rings (SSSR count). The lowest BCUT2D eigenvalue weighted by Crippen LogP contribution is -3.14. The second-order valence-electron chi connectivity index (χ2n) is 8.11. The third-order valence-electron chi connectivity index (χ3n) is 6.23. The molecule has 7 heteroatoms. The fourth-order valence-electron chi connectivity index (χ4n) is 4.60. The lowest BCUT2D eigenvalue weighted by molar-refractivity contribution is -0.898. The first-order chi connectivity index (χ1) is 13.6. The Bertz CT molecular complexity index is 730. The summed E-state index contributed by atoms with van der Waals surface area (Å²) in [7, 11) is 0. The van der Waals surface area contributed by atoms with Crippen molar-refractivity contribution in [2.75, 3.05) is 39.4 Å². The molecular weight excluding hydrogens is 358 g/mol. The Balaban J connectivity index is 1.40. The van der Waals surface area contributed by atoms with E-state index in [9.17, 15) is 9.59 Å². The van der Waals surface area contributed by atoms with Crippen LogP contribution in [0.4, 0.5) is 0 Å². The van der Waals surface area contributed by atoms with Crippen LogP contribution >= 0.6 is 0 Å². The molecule has 3 N–H and O–H groups in total. The van der Waals surface area contributed by atoms with Crippen molar-refractivity contribution < 1.29 is 24.0 Å². The highest BCUT2D eigenvalue weighted by atomic mass is 16.5. The number of rotatable bonds is 4. The van der Waals surface area contributed by atoms with E-state index in [1.807, 2.05) is 17.0 Å². The van der Waals surface area contributed by atoms with Crippen LogP contribution in [0, 0.1) is 5.92 Å². The largest absolute Gasteiger partial charge is 0.490 e. The highest BCUT2D eigenvalue weighted by Crippen LogP contribution is 2.37. The number of piperidine rings is 1. The van der Waals surface area contributed by atoms with E-state index in [1.54, 1.807) is 0 Å². The Hall–Kier alpha value is -2.28. The minimum absolute atomic E-state index is 0.0276. The lowest BCUT2D eigenvalue weighted by Gasteiger charge is -2.30. The standard InChI is InChI=1S/C21H29N3O4/c22-21(26)15-6-9-23(10-7-15)14-20(25)24-8-1-3-17(24)16-4-5-18-19(13-16)28-12-2-11-27-18/h4-5,13,15,17H,1-3,6-12,14H2,(H2,22,26)/p+1/t17-/m0/s1. The van der Waals surface area contributed by atoms with Crippen LogP contribution in [0.3, 0.4) is 0 Å². The summed E-state index contributed by atoms with van der Waals surface area (Å²) in [5, 5.41) is 0. The van der Waals surface area contributed by atoms with Gasteiger partial charge in [0.05, 0.1) is 32.3 Å². The zero-order valence-corrected chi connectivity index (χ0v) is 16.3. The first-order valence-electron chi connectivity index (χ1n) is 10.4. The van der Waals surface area contributed by atoms with E-state index in [1.165, 1.54) is 4.90 Å². The summed E-state index contributed by atoms with van der Waals surface area (Å²) < 4.78 is 11.5. The molecule has 1 aromatic carbocycles. The third kappa shape index (κ3) is 4.09. The Labute approximate surface area is 165 Å². The predicted molar refractivity (Wildman–Crippen MR) is 103 cm³/mol. The maximum Gasteiger partial charge on any atom is 0.278 e. The number of hydrogen-bond donors (Lipinski definition) is 2. The van der Waals surface area contributed by atoms with Crippen molar-refractivity contribution in [3.8, 4) is 11.5 Å². The first kappa shape index (κ1) is 19.1. The van der Waals surface area contributed by atoms with Crippen LogP contribution in [-0.4, -0.2) is 56.1 Å². The normalized spacial score (nSPS) is 27.3. The second kappa shape index (κ2) is 8.39. The fraction of sp³-hybridized carbons (Fsp3) is 0.619. The third-order valence-corrected chi connectivity index (χ3v) is 6.23. The van der Waals surface area contributed by atoms with E-state index in [0.29, 0.717) is 19.8 Å². The van der Waals surface area contributed by atoms with Gasteiger partial charge in [-0.05, 0) is 30.5 Å². The molecule has 2 fully saturated rings. The van der Waals surface area contributed by atoms with Gasteiger partial charge in [0, 0.05) is 31.7 Å². The van der Waals surface area contributed by atoms with E-state index in [2.05, 4.69) is 6.07 Å². The molecule has 28 heavy (non-hydrogen) atoms. The number of primary amides is 1. The van der Waals surface area contributed by atoms with Gasteiger partial charge in [0.1, 0.15) is 0 Å². The Morgan fingerprint density at radius 2 is 1.82 bits per heavy atom. The fourth-order valence-corrected chi connectivity index (χ4v) is 4.60. The molecule has 1 aromatic rings. The quantitative estimate of drug-likeness (QED) is 0.776. The Morgan fingerprint density at radius 3 is 2.57 bits per heavy atom. The van der Waals surface area contributed by atoms with Gasteiger partial charge in [0.25, 0.3) is 5.91 Å². The zero-order valence-electron chi connectivity index (χ0n) is 16.3. The molecule has 0 aliphatic carbocycles. The molecule has 152 valence electrons. The molecule has 7 nitrogen and oxygen atoms in total. The van der Waals surface area contributed by atoms with E-state index < -0.39 is 0 Å². The van der Waals surface area contributed by atoms with Gasteiger partial charge in [0.15, 0.2) is 18.0 Å². The summed E-state index contributed by atoms with van der Waals surface area (Å²) >= 11 is 0. The summed E-state index contributed by atoms with van der Waals surface area (Å²) in [6, 6.07) is 6.18. The van der Waals surface area contributed by atoms with Gasteiger partial charge in [-0.1, -0.05) is 6.07 Å². The number of hydrogen-bond acceptors (Lipinski definition) is 4. The number of ether oxygens (including phenoxy) is 2. The van der Waals surface area contributed by atoms with Gasteiger partial charge >= 0.3 is 0 Å². The minimum atomic E-state index is -0.209. The van der Waals surface area contributed by atoms with Crippen LogP contribution in [0.1, 0.15) is 43.7 Å². The van der Waals surface area contributed by atoms with Crippen LogP contribution in [0.25, 0.3) is 0 Å². The second-order valence-corrected chi connectivity index (χ2v) is 8.11. The van der Waals surface area contributed by atoms with E-state index in [-0.39, 0.29) is 23.8 Å². The number of likely N-dealkylation sites (tertiary alicyclic amines) is 2. The molecule has 0 unspecified atom stereocenters. The van der Waals surface area contributed by atoms with Gasteiger partial charge in [-0.15, -0.1) is 0 Å². The maximum atomic E-state index is 13.0. The van der Waals surface area contributed by atoms with E-state index in [4.69, 9.17) is 15.2 Å². The molecule has 3 aliphatic rings. The number of benzene rings is 1. The number of fused-ring (bicyclic) bond motifs is 1. The number of carbonyl (C=O) groups is 2. The molecular formula is C21H30N3O4+. The Morgan fingerprint density at radius 1 is 1.07 bits per heavy atom. The monoisotopic (exact) mass is 388 g/mol. The van der Waals surface area contributed by atoms with Crippen molar-refractivity contribution in [3.05, 3.63) is 23.8 Å². The average Bonchev–Trinajstić information content (AvgIpc) is 3.07. The highest BCUT2D eigenvalue weighted by Gasteiger charge is 2.34. The van der Waals surface area contributed by atoms with E-state index >= 15 is 0 Å². The van der Waals surface area contributed by atoms with Crippen molar-refractivity contribution in [2.24, 2.45) is 11.7 Å². The summed E-state index contributed by atoms with van der Waals surface area (Å²) in [4.78, 5) is 27.6. The molecule has 0 aromatic heterocycles. The van der Waals surface area contributed by atoms with Crippen LogP contribution in [0.5, 0.6) is 11.5 Å². The summed E-state index contributed by atoms with van der Waals surface area (Å²) in [6.45, 7) is 4.30. The van der Waals surface area contributed by atoms with Crippen molar-refractivity contribution >= 4 is 11.8 Å². The molecule has 3 aliphatic heterocycles. The molecule has 2 amide bonds. The van der Waals surface area contributed by atoms with Gasteiger partial charge < -0.3 is 25.0 Å². The number of nitrogens with one attached hydrogen (secondary N) is 1. The van der Waals surface area contributed by atoms with Crippen molar-refractivity contribution in [3.63, 3.8) is 0 Å². The number of quaternary nitrogens is 1. The van der Waals surface area contributed by atoms with Gasteiger partial charge in [-0.25, -0.2) is 0 Å². The molecule has 0 radical (unpaired) electrons. The first-order valence-corrected chi connectivity index (χ1v) is 10.4.